The predicted octanol–water partition coefficient (Wildman–Crippen LogP) is 2.63. The van der Waals surface area contributed by atoms with Gasteiger partial charge in [-0.1, -0.05) is 54.6 Å². The largest absolute Gasteiger partial charge is 0.339 e. The third-order valence-electron chi connectivity index (χ3n) is 4.20. The van der Waals surface area contributed by atoms with Gasteiger partial charge in [-0.3, -0.25) is 19.7 Å². The molecule has 6 heteroatoms. The first-order valence-corrected chi connectivity index (χ1v) is 8.93. The number of carbonyl (C=O) groups excluding carboxylic acids is 2. The zero-order valence-corrected chi connectivity index (χ0v) is 15.7. The Morgan fingerprint density at radius 3 is 2.07 bits per heavy atom. The van der Waals surface area contributed by atoms with E-state index >= 15 is 0 Å². The molecule has 0 fully saturated rings. The summed E-state index contributed by atoms with van der Waals surface area (Å²) in [7, 11) is 0. The van der Waals surface area contributed by atoms with E-state index in [4.69, 9.17) is 5.21 Å². The minimum atomic E-state index is -0.925. The number of amides is 2. The fraction of sp³-hybridized carbons (Fsp3) is 0.182. The van der Waals surface area contributed by atoms with Crippen LogP contribution in [0.3, 0.4) is 0 Å². The smallest absolute Gasteiger partial charge is 0.267 e. The van der Waals surface area contributed by atoms with Gasteiger partial charge in [0.15, 0.2) is 0 Å². The molecule has 0 aliphatic carbocycles. The number of hydrogen-bond donors (Lipinski definition) is 3. The zero-order chi connectivity index (χ0) is 20.4. The highest BCUT2D eigenvalue weighted by atomic mass is 16.5. The minimum Gasteiger partial charge on any atom is -0.339 e. The second kappa shape index (κ2) is 10.8. The van der Waals surface area contributed by atoms with E-state index in [9.17, 15) is 9.59 Å². The van der Waals surface area contributed by atoms with Crippen LogP contribution in [0.2, 0.25) is 0 Å². The van der Waals surface area contributed by atoms with Crippen LogP contribution in [-0.2, 0) is 4.79 Å². The molecule has 0 aliphatic rings. The maximum absolute atomic E-state index is 12.6. The van der Waals surface area contributed by atoms with Gasteiger partial charge in [-0.15, -0.1) is 13.2 Å². The summed E-state index contributed by atoms with van der Waals surface area (Å²) in [6.07, 6.45) is 3.39. The van der Waals surface area contributed by atoms with Crippen LogP contribution in [0.15, 0.2) is 79.9 Å². The van der Waals surface area contributed by atoms with Crippen LogP contribution in [-0.4, -0.2) is 47.6 Å². The first-order chi connectivity index (χ1) is 13.6. The average Bonchev–Trinajstić information content (AvgIpc) is 2.73. The molecule has 0 heterocycles. The average molecular weight is 379 g/mol. The van der Waals surface area contributed by atoms with Crippen LogP contribution in [0.5, 0.6) is 0 Å². The molecule has 2 aromatic carbocycles. The van der Waals surface area contributed by atoms with E-state index in [0.717, 1.165) is 11.1 Å². The van der Waals surface area contributed by atoms with Crippen molar-refractivity contribution in [2.75, 3.05) is 19.6 Å². The fourth-order valence-electron chi connectivity index (χ4n) is 2.81. The van der Waals surface area contributed by atoms with Crippen LogP contribution in [0.1, 0.15) is 10.4 Å². The number of nitrogens with one attached hydrogen (secondary N) is 2. The van der Waals surface area contributed by atoms with Crippen LogP contribution < -0.4 is 10.8 Å². The van der Waals surface area contributed by atoms with E-state index in [0.29, 0.717) is 18.7 Å². The molecule has 0 saturated heterocycles. The molecule has 2 amide bonds. The van der Waals surface area contributed by atoms with E-state index in [1.54, 1.807) is 29.8 Å². The Balaban J connectivity index is 2.10. The Kier molecular flexibility index (Phi) is 8.14. The van der Waals surface area contributed by atoms with Gasteiger partial charge in [-0.25, -0.2) is 5.48 Å². The van der Waals surface area contributed by atoms with Crippen molar-refractivity contribution < 1.29 is 14.8 Å². The molecule has 3 N–H and O–H groups in total. The molecule has 1 atom stereocenters. The Morgan fingerprint density at radius 2 is 1.54 bits per heavy atom. The lowest BCUT2D eigenvalue weighted by Crippen LogP contribution is -2.52. The highest BCUT2D eigenvalue weighted by Crippen LogP contribution is 2.19. The number of rotatable bonds is 10. The molecular formula is C22H25N3O3. The molecule has 146 valence electrons. The normalized spacial score (nSPS) is 11.5. The molecule has 0 saturated carbocycles. The van der Waals surface area contributed by atoms with Crippen molar-refractivity contribution in [1.29, 1.82) is 0 Å². The van der Waals surface area contributed by atoms with Gasteiger partial charge in [0, 0.05) is 25.2 Å². The van der Waals surface area contributed by atoms with Crippen molar-refractivity contribution in [2.24, 2.45) is 0 Å². The van der Waals surface area contributed by atoms with Crippen molar-refractivity contribution in [1.82, 2.24) is 15.7 Å². The van der Waals surface area contributed by atoms with E-state index in [2.05, 4.69) is 18.5 Å². The molecule has 28 heavy (non-hydrogen) atoms. The quantitative estimate of drug-likeness (QED) is 0.337. The number of hydroxylamine groups is 1. The van der Waals surface area contributed by atoms with Crippen molar-refractivity contribution in [3.8, 4) is 11.1 Å². The summed E-state index contributed by atoms with van der Waals surface area (Å²) >= 11 is 0. The van der Waals surface area contributed by atoms with Gasteiger partial charge in [0.1, 0.15) is 6.04 Å². The van der Waals surface area contributed by atoms with E-state index in [-0.39, 0.29) is 6.54 Å². The highest BCUT2D eigenvalue weighted by molar-refractivity contribution is 5.97. The molecule has 0 radical (unpaired) electrons. The molecule has 0 unspecified atom stereocenters. The second-order valence-corrected chi connectivity index (χ2v) is 6.24. The van der Waals surface area contributed by atoms with E-state index in [1.165, 1.54) is 0 Å². The lowest BCUT2D eigenvalue weighted by molar-refractivity contribution is -0.131. The third kappa shape index (κ3) is 5.90. The maximum atomic E-state index is 12.6. The Morgan fingerprint density at radius 1 is 0.964 bits per heavy atom. The summed E-state index contributed by atoms with van der Waals surface area (Å²) in [6, 6.07) is 16.0. The van der Waals surface area contributed by atoms with Gasteiger partial charge < -0.3 is 5.32 Å². The maximum Gasteiger partial charge on any atom is 0.267 e. The summed E-state index contributed by atoms with van der Waals surface area (Å²) in [5.41, 5.74) is 4.08. The van der Waals surface area contributed by atoms with Gasteiger partial charge in [-0.05, 0) is 23.3 Å². The Labute approximate surface area is 165 Å². The predicted molar refractivity (Wildman–Crippen MR) is 110 cm³/mol. The molecular weight excluding hydrogens is 354 g/mol. The molecule has 0 spiro atoms. The lowest BCUT2D eigenvalue weighted by atomic mass is 10.0. The third-order valence-corrected chi connectivity index (χ3v) is 4.20. The molecule has 0 bridgehead atoms. The molecule has 0 aliphatic heterocycles. The monoisotopic (exact) mass is 379 g/mol. The van der Waals surface area contributed by atoms with E-state index in [1.807, 2.05) is 47.4 Å². The van der Waals surface area contributed by atoms with Gasteiger partial charge in [0.05, 0.1) is 0 Å². The summed E-state index contributed by atoms with van der Waals surface area (Å²) in [6.45, 7) is 8.61. The number of hydrogen-bond acceptors (Lipinski definition) is 4. The zero-order valence-electron chi connectivity index (χ0n) is 15.7. The second-order valence-electron chi connectivity index (χ2n) is 6.24. The van der Waals surface area contributed by atoms with Crippen LogP contribution in [0.4, 0.5) is 0 Å². The summed E-state index contributed by atoms with van der Waals surface area (Å²) in [4.78, 5) is 26.5. The first kappa shape index (κ1) is 21.1. The molecule has 0 aromatic heterocycles. The minimum absolute atomic E-state index is 0.207. The first-order valence-electron chi connectivity index (χ1n) is 8.93. The molecule has 2 rings (SSSR count). The number of benzene rings is 2. The highest BCUT2D eigenvalue weighted by Gasteiger charge is 2.23. The van der Waals surface area contributed by atoms with Gasteiger partial charge in [0.25, 0.3) is 11.8 Å². The topological polar surface area (TPSA) is 81.7 Å². The molecule has 2 aromatic rings. The lowest BCUT2D eigenvalue weighted by Gasteiger charge is -2.25. The number of carbonyl (C=O) groups is 2. The van der Waals surface area contributed by atoms with Crippen molar-refractivity contribution in [3.63, 3.8) is 0 Å². The van der Waals surface area contributed by atoms with Crippen LogP contribution in [0, 0.1) is 0 Å². The van der Waals surface area contributed by atoms with Gasteiger partial charge in [-0.2, -0.15) is 0 Å². The standard InChI is InChI=1S/C22H25N3O3/c1-3-14-25(15-4-2)16-20(22(27)24-28)23-21(26)19-12-10-18(11-13-19)17-8-6-5-7-9-17/h3-13,20,28H,1-2,14-16H2,(H,23,26)(H,24,27)/t20-/m0/s1. The van der Waals surface area contributed by atoms with Crippen LogP contribution in [0.25, 0.3) is 11.1 Å². The summed E-state index contributed by atoms with van der Waals surface area (Å²) in [5.74, 6) is -1.09. The SMILES string of the molecule is C=CCN(CC=C)C[C@H](NC(=O)c1ccc(-c2ccccc2)cc1)C(=O)NO. The van der Waals surface area contributed by atoms with E-state index < -0.39 is 17.9 Å². The van der Waals surface area contributed by atoms with Crippen molar-refractivity contribution in [3.05, 3.63) is 85.5 Å². The van der Waals surface area contributed by atoms with Gasteiger partial charge in [0.2, 0.25) is 0 Å². The van der Waals surface area contributed by atoms with Gasteiger partial charge >= 0.3 is 0 Å². The number of nitrogens with zero attached hydrogens (tertiary/aromatic N) is 1. The summed E-state index contributed by atoms with van der Waals surface area (Å²) < 4.78 is 0. The van der Waals surface area contributed by atoms with Crippen molar-refractivity contribution in [2.45, 2.75) is 6.04 Å². The Hall–Kier alpha value is -3.22. The Bertz CT molecular complexity index is 794. The summed E-state index contributed by atoms with van der Waals surface area (Å²) in [5, 5.41) is 11.7. The van der Waals surface area contributed by atoms with Crippen molar-refractivity contribution >= 4 is 11.8 Å². The molecule has 6 nitrogen and oxygen atoms in total. The fourth-order valence-corrected chi connectivity index (χ4v) is 2.81. The van der Waals surface area contributed by atoms with Crippen LogP contribution >= 0.6 is 0 Å².